The average Bonchev–Trinajstić information content (AvgIpc) is 3.99. The highest BCUT2D eigenvalue weighted by Crippen LogP contribution is 2.47. The van der Waals surface area contributed by atoms with E-state index in [1.165, 1.54) is 0 Å². The first-order chi connectivity index (χ1) is 34.1. The molecule has 0 saturated carbocycles. The van der Waals surface area contributed by atoms with Crippen molar-refractivity contribution in [3.63, 3.8) is 0 Å². The Balaban J connectivity index is 1.27. The Morgan fingerprint density at radius 3 is 1.45 bits per heavy atom. The Morgan fingerprint density at radius 1 is 0.534 bits per heavy atom. The number of ether oxygens (including phenoxy) is 5. The Hall–Kier alpha value is -5.63. The molecule has 3 amide bonds. The fraction of sp³-hybridized carbons (Fsp3) is 0.610. The highest BCUT2D eigenvalue weighted by atomic mass is 16.6. The van der Waals surface area contributed by atoms with Crippen molar-refractivity contribution >= 4 is 30.2 Å². The van der Waals surface area contributed by atoms with E-state index in [0.29, 0.717) is 89.8 Å². The molecule has 3 heterocycles. The maximum Gasteiger partial charge on any atom is 0.410 e. The monoisotopic (exact) mass is 1010 g/mol. The van der Waals surface area contributed by atoms with Crippen LogP contribution in [0.2, 0.25) is 0 Å². The number of esters is 2. The van der Waals surface area contributed by atoms with Crippen molar-refractivity contribution in [2.45, 2.75) is 163 Å². The van der Waals surface area contributed by atoms with Crippen LogP contribution in [0.5, 0.6) is 0 Å². The molecule has 0 radical (unpaired) electrons. The lowest BCUT2D eigenvalue weighted by molar-refractivity contribution is -0.163. The second kappa shape index (κ2) is 23.3. The van der Waals surface area contributed by atoms with E-state index >= 15 is 0 Å². The highest BCUT2D eigenvalue weighted by molar-refractivity contribution is 5.75. The standard InChI is InChI=1S/C59H83N3O11/c1-55(2,3)70-50(64)47(45-24-28-61(37-45)53(67)72-57(7,8)9)34-41-20-16-22-43(32-41)36-59(26-30-60(31-27-59)52(66)69-39-40-18-14-13-15-19-40)49(63)44-23-17-21-42(33-44)35-48(51(65)71-56(4,5)6)46-25-29-62(38-46)54(68)73-58(10,11)12/h13-23,32-33,45-49,63H,24-31,34-39H2,1-12H3/t45-,46-,47-,48-,49?/m0/s1. The SMILES string of the molecule is CC(C)(C)OC(=O)[C@@H](Cc1cccc(CC2(C(O)c3cccc(C[C@H](C(=O)OC(C)(C)C)[C@H]4CCN(C(=O)OC(C)(C)C)C4)c3)CCN(C(=O)OCc3ccccc3)CC2)c1)[C@H]1CCN(C(=O)OC(C)(C)C)C1. The number of aliphatic hydroxyl groups is 1. The average molecular weight is 1010 g/mol. The zero-order chi connectivity index (χ0) is 53.5. The van der Waals surface area contributed by atoms with Gasteiger partial charge in [-0.25, -0.2) is 14.4 Å². The van der Waals surface area contributed by atoms with Crippen LogP contribution in [0, 0.1) is 29.1 Å². The molecule has 1 N–H and O–H groups in total. The zero-order valence-electron chi connectivity index (χ0n) is 45.7. The van der Waals surface area contributed by atoms with E-state index < -0.39 is 64.0 Å². The molecule has 3 aliphatic heterocycles. The summed E-state index contributed by atoms with van der Waals surface area (Å²) >= 11 is 0. The summed E-state index contributed by atoms with van der Waals surface area (Å²) in [5.74, 6) is -2.05. The summed E-state index contributed by atoms with van der Waals surface area (Å²) in [6.45, 7) is 24.7. The van der Waals surface area contributed by atoms with E-state index in [1.807, 2.05) is 156 Å². The van der Waals surface area contributed by atoms with E-state index in [4.69, 9.17) is 23.7 Å². The highest BCUT2D eigenvalue weighted by Gasteiger charge is 2.45. The molecular weight excluding hydrogens is 927 g/mol. The van der Waals surface area contributed by atoms with Gasteiger partial charge in [0.15, 0.2) is 0 Å². The van der Waals surface area contributed by atoms with Crippen LogP contribution < -0.4 is 0 Å². The molecule has 0 spiro atoms. The number of amides is 3. The minimum Gasteiger partial charge on any atom is -0.460 e. The summed E-state index contributed by atoms with van der Waals surface area (Å²) in [6.07, 6.45) is 1.20. The Bertz CT molecular complexity index is 2370. The van der Waals surface area contributed by atoms with E-state index in [9.17, 15) is 29.1 Å². The van der Waals surface area contributed by atoms with Crippen LogP contribution >= 0.6 is 0 Å². The molecule has 73 heavy (non-hydrogen) atoms. The van der Waals surface area contributed by atoms with Crippen LogP contribution in [-0.4, -0.2) is 112 Å². The maximum absolute atomic E-state index is 14.0. The lowest BCUT2D eigenvalue weighted by Crippen LogP contribution is -2.46. The van der Waals surface area contributed by atoms with Gasteiger partial charge in [0.2, 0.25) is 0 Å². The molecule has 0 aromatic heterocycles. The van der Waals surface area contributed by atoms with Crippen LogP contribution in [0.1, 0.15) is 143 Å². The molecule has 5 atom stereocenters. The molecule has 1 unspecified atom stereocenters. The molecule has 0 bridgehead atoms. The third-order valence-corrected chi connectivity index (χ3v) is 13.8. The number of piperidine rings is 1. The Kier molecular flexibility index (Phi) is 18.1. The van der Waals surface area contributed by atoms with Gasteiger partial charge in [-0.3, -0.25) is 9.59 Å². The number of aliphatic hydroxyl groups excluding tert-OH is 1. The number of hydrogen-bond donors (Lipinski definition) is 1. The van der Waals surface area contributed by atoms with Gasteiger partial charge < -0.3 is 43.5 Å². The normalized spacial score (nSPS) is 19.7. The van der Waals surface area contributed by atoms with E-state index in [2.05, 4.69) is 6.07 Å². The molecule has 6 rings (SSSR count). The summed E-state index contributed by atoms with van der Waals surface area (Å²) in [5, 5.41) is 12.8. The number of carbonyl (C=O) groups excluding carboxylic acids is 5. The van der Waals surface area contributed by atoms with Crippen molar-refractivity contribution in [2.24, 2.45) is 29.1 Å². The number of likely N-dealkylation sites (tertiary alicyclic amines) is 3. The smallest absolute Gasteiger partial charge is 0.410 e. The Morgan fingerprint density at radius 2 is 0.973 bits per heavy atom. The summed E-state index contributed by atoms with van der Waals surface area (Å²) in [4.78, 5) is 72.9. The molecule has 0 aliphatic carbocycles. The maximum atomic E-state index is 14.0. The van der Waals surface area contributed by atoms with E-state index in [0.717, 1.165) is 22.3 Å². The molecule has 3 saturated heterocycles. The summed E-state index contributed by atoms with van der Waals surface area (Å²) in [6, 6.07) is 25.5. The summed E-state index contributed by atoms with van der Waals surface area (Å²) < 4.78 is 29.1. The first-order valence-corrected chi connectivity index (χ1v) is 26.3. The molecule has 14 heteroatoms. The van der Waals surface area contributed by atoms with Crippen molar-refractivity contribution < 1.29 is 52.8 Å². The molecule has 3 fully saturated rings. The quantitative estimate of drug-likeness (QED) is 0.121. The van der Waals surface area contributed by atoms with Crippen LogP contribution in [0.3, 0.4) is 0 Å². The van der Waals surface area contributed by atoms with Crippen LogP contribution in [-0.2, 0) is 59.1 Å². The molecule has 14 nitrogen and oxygen atoms in total. The number of rotatable bonds is 14. The van der Waals surface area contributed by atoms with Gasteiger partial charge in [-0.1, -0.05) is 78.9 Å². The largest absolute Gasteiger partial charge is 0.460 e. The third-order valence-electron chi connectivity index (χ3n) is 13.8. The lowest BCUT2D eigenvalue weighted by Gasteiger charge is -2.45. The second-order valence-corrected chi connectivity index (χ2v) is 24.7. The Labute approximate surface area is 434 Å². The fourth-order valence-electron chi connectivity index (χ4n) is 10.4. The van der Waals surface area contributed by atoms with Crippen LogP contribution in [0.4, 0.5) is 14.4 Å². The number of benzene rings is 3. The lowest BCUT2D eigenvalue weighted by atomic mass is 9.67. The minimum absolute atomic E-state index is 0.148. The molecule has 400 valence electrons. The molecular formula is C59H83N3O11. The van der Waals surface area contributed by atoms with Crippen LogP contribution in [0.15, 0.2) is 78.9 Å². The molecule has 3 aromatic carbocycles. The van der Waals surface area contributed by atoms with Crippen molar-refractivity contribution in [3.8, 4) is 0 Å². The first kappa shape index (κ1) is 56.7. The van der Waals surface area contributed by atoms with Crippen molar-refractivity contribution in [3.05, 3.63) is 107 Å². The van der Waals surface area contributed by atoms with Gasteiger partial charge in [0.05, 0.1) is 17.9 Å². The number of nitrogens with zero attached hydrogens (tertiary/aromatic N) is 3. The third kappa shape index (κ3) is 16.7. The van der Waals surface area contributed by atoms with Gasteiger partial charge in [0, 0.05) is 44.7 Å². The number of hydrogen-bond acceptors (Lipinski definition) is 11. The van der Waals surface area contributed by atoms with Gasteiger partial charge >= 0.3 is 30.2 Å². The zero-order valence-corrected chi connectivity index (χ0v) is 45.7. The van der Waals surface area contributed by atoms with E-state index in [-0.39, 0.29) is 30.4 Å². The molecule has 3 aromatic rings. The predicted octanol–water partition coefficient (Wildman–Crippen LogP) is 10.9. The van der Waals surface area contributed by atoms with Gasteiger partial charge in [0.1, 0.15) is 29.0 Å². The van der Waals surface area contributed by atoms with Gasteiger partial charge in [0.25, 0.3) is 0 Å². The van der Waals surface area contributed by atoms with Gasteiger partial charge in [-0.2, -0.15) is 0 Å². The van der Waals surface area contributed by atoms with Gasteiger partial charge in [-0.05, 0) is 168 Å². The van der Waals surface area contributed by atoms with Crippen molar-refractivity contribution in [1.82, 2.24) is 14.7 Å². The fourth-order valence-corrected chi connectivity index (χ4v) is 10.4. The van der Waals surface area contributed by atoms with E-state index in [1.54, 1.807) is 14.7 Å². The molecule has 3 aliphatic rings. The number of carbonyl (C=O) groups is 5. The summed E-state index contributed by atoms with van der Waals surface area (Å²) in [7, 11) is 0. The van der Waals surface area contributed by atoms with Gasteiger partial charge in [-0.15, -0.1) is 0 Å². The summed E-state index contributed by atoms with van der Waals surface area (Å²) in [5.41, 5.74) is 0.873. The first-order valence-electron chi connectivity index (χ1n) is 26.3. The second-order valence-electron chi connectivity index (χ2n) is 24.7. The predicted molar refractivity (Wildman–Crippen MR) is 279 cm³/mol. The minimum atomic E-state index is -0.973. The van der Waals surface area contributed by atoms with Crippen molar-refractivity contribution in [1.29, 1.82) is 0 Å². The van der Waals surface area contributed by atoms with Crippen LogP contribution in [0.25, 0.3) is 0 Å². The van der Waals surface area contributed by atoms with Crippen molar-refractivity contribution in [2.75, 3.05) is 39.3 Å². The topological polar surface area (TPSA) is 161 Å².